The van der Waals surface area contributed by atoms with E-state index >= 15 is 0 Å². The molecule has 1 aromatic heterocycles. The van der Waals surface area contributed by atoms with Crippen molar-refractivity contribution in [3.05, 3.63) is 76.6 Å². The quantitative estimate of drug-likeness (QED) is 0.347. The fraction of sp³-hybridized carbons (Fsp3) is 0.261. The van der Waals surface area contributed by atoms with E-state index in [1.807, 2.05) is 55.7 Å². The van der Waals surface area contributed by atoms with Crippen molar-refractivity contribution in [2.75, 3.05) is 11.1 Å². The minimum atomic E-state index is -0.0975. The number of aryl methyl sites for hydroxylation is 3. The zero-order chi connectivity index (χ0) is 22.4. The van der Waals surface area contributed by atoms with Crippen molar-refractivity contribution in [1.82, 2.24) is 14.8 Å². The van der Waals surface area contributed by atoms with Crippen molar-refractivity contribution in [3.63, 3.8) is 0 Å². The van der Waals surface area contributed by atoms with Crippen LogP contribution in [0.15, 0.2) is 54.2 Å². The first-order chi connectivity index (χ1) is 14.9. The van der Waals surface area contributed by atoms with Gasteiger partial charge < -0.3 is 10.1 Å². The highest BCUT2D eigenvalue weighted by atomic mass is 35.5. The highest BCUT2D eigenvalue weighted by Gasteiger charge is 2.15. The monoisotopic (exact) mass is 456 g/mol. The number of thioether (sulfide) groups is 1. The summed E-state index contributed by atoms with van der Waals surface area (Å²) >= 11 is 7.33. The van der Waals surface area contributed by atoms with Crippen LogP contribution in [0.3, 0.4) is 0 Å². The summed E-state index contributed by atoms with van der Waals surface area (Å²) < 4.78 is 7.80. The fourth-order valence-corrected chi connectivity index (χ4v) is 4.03. The number of halogens is 1. The predicted molar refractivity (Wildman–Crippen MR) is 126 cm³/mol. The fourth-order valence-electron chi connectivity index (χ4n) is 3.03. The Balaban J connectivity index is 1.64. The molecular formula is C23H25ClN4O2S. The first-order valence-electron chi connectivity index (χ1n) is 9.79. The lowest BCUT2D eigenvalue weighted by molar-refractivity contribution is -0.113. The Bertz CT molecular complexity index is 1100. The predicted octanol–water partition coefficient (Wildman–Crippen LogP) is 5.35. The number of amides is 1. The molecule has 162 valence electrons. The lowest BCUT2D eigenvalue weighted by Crippen LogP contribution is -2.15. The number of carbonyl (C=O) groups excluding carboxylic acids is 1. The zero-order valence-electron chi connectivity index (χ0n) is 17.8. The van der Waals surface area contributed by atoms with E-state index in [0.717, 1.165) is 28.1 Å². The summed E-state index contributed by atoms with van der Waals surface area (Å²) in [7, 11) is 0. The van der Waals surface area contributed by atoms with Crippen LogP contribution >= 0.6 is 23.4 Å². The molecule has 1 heterocycles. The van der Waals surface area contributed by atoms with Gasteiger partial charge in [-0.15, -0.1) is 16.8 Å². The SMILES string of the molecule is C=CCn1c(COc2ccc(Cl)cc2C)nnc1SCC(=O)Nc1ccc(C)cc1C. The zero-order valence-corrected chi connectivity index (χ0v) is 19.4. The molecule has 0 spiro atoms. The normalized spacial score (nSPS) is 10.7. The largest absolute Gasteiger partial charge is 0.485 e. The molecule has 0 unspecified atom stereocenters. The Kier molecular flexibility index (Phi) is 7.76. The second kappa shape index (κ2) is 10.5. The summed E-state index contributed by atoms with van der Waals surface area (Å²) in [5.41, 5.74) is 3.95. The minimum Gasteiger partial charge on any atom is -0.485 e. The van der Waals surface area contributed by atoms with Gasteiger partial charge in [0.1, 0.15) is 12.4 Å². The number of anilines is 1. The molecule has 0 saturated heterocycles. The number of hydrogen-bond acceptors (Lipinski definition) is 5. The molecule has 0 radical (unpaired) electrons. The molecule has 3 rings (SSSR count). The van der Waals surface area contributed by atoms with Gasteiger partial charge in [-0.2, -0.15) is 0 Å². The van der Waals surface area contributed by atoms with Crippen molar-refractivity contribution in [2.45, 2.75) is 39.1 Å². The first kappa shape index (κ1) is 22.9. The van der Waals surface area contributed by atoms with E-state index in [4.69, 9.17) is 16.3 Å². The van der Waals surface area contributed by atoms with Crippen LogP contribution < -0.4 is 10.1 Å². The average molecular weight is 457 g/mol. The summed E-state index contributed by atoms with van der Waals surface area (Å²) in [6.07, 6.45) is 1.76. The van der Waals surface area contributed by atoms with Crippen LogP contribution in [0, 0.1) is 20.8 Å². The summed E-state index contributed by atoms with van der Waals surface area (Å²) in [6.45, 7) is 10.5. The van der Waals surface area contributed by atoms with E-state index < -0.39 is 0 Å². The van der Waals surface area contributed by atoms with Crippen LogP contribution in [0.25, 0.3) is 0 Å². The standard InChI is InChI=1S/C23H25ClN4O2S/c1-5-10-28-21(13-30-20-9-7-18(24)12-17(20)4)26-27-23(28)31-14-22(29)25-19-8-6-15(2)11-16(19)3/h5-9,11-12H,1,10,13-14H2,2-4H3,(H,25,29). The number of nitrogens with zero attached hydrogens (tertiary/aromatic N) is 3. The summed E-state index contributed by atoms with van der Waals surface area (Å²) in [5.74, 6) is 1.52. The maximum Gasteiger partial charge on any atom is 0.234 e. The molecule has 0 fully saturated rings. The second-order valence-corrected chi connectivity index (χ2v) is 8.53. The molecule has 2 aromatic carbocycles. The second-order valence-electron chi connectivity index (χ2n) is 7.15. The number of benzene rings is 2. The van der Waals surface area contributed by atoms with Crippen LogP contribution in [0.2, 0.25) is 5.02 Å². The molecule has 0 saturated carbocycles. The topological polar surface area (TPSA) is 69.0 Å². The molecule has 0 aliphatic carbocycles. The van der Waals surface area contributed by atoms with Crippen molar-refractivity contribution >= 4 is 35.0 Å². The van der Waals surface area contributed by atoms with E-state index in [-0.39, 0.29) is 18.3 Å². The molecule has 0 atom stereocenters. The van der Waals surface area contributed by atoms with Crippen molar-refractivity contribution in [2.24, 2.45) is 0 Å². The minimum absolute atomic E-state index is 0.0975. The van der Waals surface area contributed by atoms with Gasteiger partial charge in [0.2, 0.25) is 5.91 Å². The van der Waals surface area contributed by atoms with E-state index in [0.29, 0.717) is 22.5 Å². The Morgan fingerprint density at radius 3 is 2.71 bits per heavy atom. The van der Waals surface area contributed by atoms with Gasteiger partial charge in [0.25, 0.3) is 0 Å². The van der Waals surface area contributed by atoms with Gasteiger partial charge in [0.05, 0.1) is 5.75 Å². The number of hydrogen-bond donors (Lipinski definition) is 1. The Morgan fingerprint density at radius 1 is 1.19 bits per heavy atom. The number of ether oxygens (including phenoxy) is 1. The van der Waals surface area contributed by atoms with Crippen LogP contribution in [-0.2, 0) is 17.9 Å². The molecular weight excluding hydrogens is 432 g/mol. The molecule has 31 heavy (non-hydrogen) atoms. The van der Waals surface area contributed by atoms with E-state index in [1.54, 1.807) is 12.1 Å². The lowest BCUT2D eigenvalue weighted by atomic mass is 10.1. The number of allylic oxidation sites excluding steroid dienone is 1. The van der Waals surface area contributed by atoms with E-state index in [9.17, 15) is 4.79 Å². The molecule has 0 bridgehead atoms. The molecule has 0 aliphatic heterocycles. The number of carbonyl (C=O) groups is 1. The maximum atomic E-state index is 12.4. The molecule has 0 aliphatic rings. The van der Waals surface area contributed by atoms with E-state index in [1.165, 1.54) is 11.8 Å². The third-order valence-corrected chi connectivity index (χ3v) is 5.79. The molecule has 6 nitrogen and oxygen atoms in total. The first-order valence-corrected chi connectivity index (χ1v) is 11.2. The van der Waals surface area contributed by atoms with Gasteiger partial charge >= 0.3 is 0 Å². The van der Waals surface area contributed by atoms with Gasteiger partial charge in [-0.3, -0.25) is 9.36 Å². The van der Waals surface area contributed by atoms with Gasteiger partial charge in [-0.05, 0) is 56.2 Å². The van der Waals surface area contributed by atoms with Crippen LogP contribution in [0.4, 0.5) is 5.69 Å². The molecule has 1 amide bonds. The van der Waals surface area contributed by atoms with E-state index in [2.05, 4.69) is 22.1 Å². The number of aromatic nitrogens is 3. The Hall–Kier alpha value is -2.77. The maximum absolute atomic E-state index is 12.4. The summed E-state index contributed by atoms with van der Waals surface area (Å²) in [6, 6.07) is 11.4. The van der Waals surface area contributed by atoms with Crippen LogP contribution in [-0.4, -0.2) is 26.4 Å². The van der Waals surface area contributed by atoms with Gasteiger partial charge in [-0.1, -0.05) is 47.1 Å². The Labute approximate surface area is 191 Å². The molecule has 1 N–H and O–H groups in total. The lowest BCUT2D eigenvalue weighted by Gasteiger charge is -2.11. The van der Waals surface area contributed by atoms with Crippen LogP contribution in [0.1, 0.15) is 22.5 Å². The van der Waals surface area contributed by atoms with Gasteiger partial charge in [0, 0.05) is 17.3 Å². The number of nitrogens with one attached hydrogen (secondary N) is 1. The van der Waals surface area contributed by atoms with Crippen molar-refractivity contribution in [1.29, 1.82) is 0 Å². The van der Waals surface area contributed by atoms with Crippen LogP contribution in [0.5, 0.6) is 5.75 Å². The third-order valence-electron chi connectivity index (χ3n) is 4.59. The Morgan fingerprint density at radius 2 is 2.00 bits per heavy atom. The highest BCUT2D eigenvalue weighted by molar-refractivity contribution is 7.99. The molecule has 8 heteroatoms. The summed E-state index contributed by atoms with van der Waals surface area (Å²) in [5, 5.41) is 12.7. The summed E-state index contributed by atoms with van der Waals surface area (Å²) in [4.78, 5) is 12.4. The van der Waals surface area contributed by atoms with Crippen molar-refractivity contribution < 1.29 is 9.53 Å². The van der Waals surface area contributed by atoms with Crippen molar-refractivity contribution in [3.8, 4) is 5.75 Å². The third kappa shape index (κ3) is 6.12. The van der Waals surface area contributed by atoms with Gasteiger partial charge in [0.15, 0.2) is 11.0 Å². The smallest absolute Gasteiger partial charge is 0.234 e. The highest BCUT2D eigenvalue weighted by Crippen LogP contribution is 2.24. The number of rotatable bonds is 9. The molecule has 3 aromatic rings. The average Bonchev–Trinajstić information content (AvgIpc) is 3.10. The van der Waals surface area contributed by atoms with Gasteiger partial charge in [-0.25, -0.2) is 0 Å².